The number of benzene rings is 1. The van der Waals surface area contributed by atoms with Gasteiger partial charge in [0, 0.05) is 29.0 Å². The van der Waals surface area contributed by atoms with E-state index in [4.69, 9.17) is 13.6 Å². The Kier molecular flexibility index (Phi) is 4.12. The number of anilines is 1. The van der Waals surface area contributed by atoms with E-state index in [2.05, 4.69) is 5.32 Å². The number of hydrogen-bond acceptors (Lipinski definition) is 7. The van der Waals surface area contributed by atoms with Crippen molar-refractivity contribution in [2.24, 2.45) is 0 Å². The number of carbonyl (C=O) groups excluding carboxylic acids is 1. The first-order chi connectivity index (χ1) is 13.1. The Labute approximate surface area is 160 Å². The third-order valence-corrected chi connectivity index (χ3v) is 5.63. The Hall–Kier alpha value is -2.98. The topological polar surface area (TPSA) is 131 Å². The van der Waals surface area contributed by atoms with Gasteiger partial charge >= 0.3 is 6.03 Å². The lowest BCUT2D eigenvalue weighted by Crippen LogP contribution is -2.34. The molecule has 1 aliphatic heterocycles. The number of rotatable bonds is 4. The first-order valence-electron chi connectivity index (χ1n) is 8.46. The van der Waals surface area contributed by atoms with E-state index in [1.165, 1.54) is 20.1 Å². The summed E-state index contributed by atoms with van der Waals surface area (Å²) in [5, 5.41) is 12.7. The van der Waals surface area contributed by atoms with Gasteiger partial charge in [-0.2, -0.15) is 8.42 Å². The Morgan fingerprint density at radius 1 is 1.25 bits per heavy atom. The van der Waals surface area contributed by atoms with Crippen LogP contribution in [0.4, 0.5) is 10.5 Å². The molecular weight excluding hydrogens is 388 g/mol. The summed E-state index contributed by atoms with van der Waals surface area (Å²) < 4.78 is 42.7. The van der Waals surface area contributed by atoms with Crippen LogP contribution < -0.4 is 14.8 Å². The van der Waals surface area contributed by atoms with Crippen molar-refractivity contribution in [2.45, 2.75) is 31.0 Å². The number of aliphatic hydroxyl groups is 1. The average Bonchev–Trinajstić information content (AvgIpc) is 3.33. The van der Waals surface area contributed by atoms with Crippen LogP contribution in [-0.4, -0.2) is 26.2 Å². The van der Waals surface area contributed by atoms with E-state index >= 15 is 0 Å². The normalized spacial score (nSPS) is 14.0. The molecule has 4 rings (SSSR count). The third-order valence-electron chi connectivity index (χ3n) is 4.43. The molecule has 28 heavy (non-hydrogen) atoms. The number of hydrogen-bond donors (Lipinski definition) is 3. The number of furan rings is 2. The number of carbonyl (C=O) groups is 1. The van der Waals surface area contributed by atoms with Gasteiger partial charge in [0.15, 0.2) is 5.58 Å². The lowest BCUT2D eigenvalue weighted by molar-refractivity contribution is 0.0779. The SMILES string of the molecule is CC(C)(O)c1coc(S(=O)(=O)NC(=O)Nc2c3c(cc4ccoc24)OCC3)c1. The predicted octanol–water partition coefficient (Wildman–Crippen LogP) is 2.70. The van der Waals surface area contributed by atoms with Crippen LogP contribution in [0.5, 0.6) is 5.75 Å². The van der Waals surface area contributed by atoms with Gasteiger partial charge in [0.05, 0.1) is 30.4 Å². The van der Waals surface area contributed by atoms with E-state index in [0.29, 0.717) is 30.0 Å². The molecule has 2 amide bonds. The van der Waals surface area contributed by atoms with Crippen molar-refractivity contribution < 1.29 is 31.9 Å². The van der Waals surface area contributed by atoms with Crippen LogP contribution in [0, 0.1) is 0 Å². The summed E-state index contributed by atoms with van der Waals surface area (Å²) in [6.07, 6.45) is 3.16. The molecule has 0 fully saturated rings. The summed E-state index contributed by atoms with van der Waals surface area (Å²) >= 11 is 0. The van der Waals surface area contributed by atoms with E-state index in [9.17, 15) is 18.3 Å². The van der Waals surface area contributed by atoms with E-state index in [0.717, 1.165) is 23.3 Å². The van der Waals surface area contributed by atoms with Gasteiger partial charge in [-0.3, -0.25) is 0 Å². The number of sulfonamides is 1. The van der Waals surface area contributed by atoms with Gasteiger partial charge in [-0.15, -0.1) is 0 Å². The van der Waals surface area contributed by atoms with Crippen LogP contribution in [0.15, 0.2) is 44.7 Å². The first kappa shape index (κ1) is 18.4. The van der Waals surface area contributed by atoms with E-state index in [1.807, 2.05) is 10.8 Å². The lowest BCUT2D eigenvalue weighted by Gasteiger charge is -2.13. The summed E-state index contributed by atoms with van der Waals surface area (Å²) in [6.45, 7) is 3.44. The molecule has 148 valence electrons. The minimum atomic E-state index is -4.27. The quantitative estimate of drug-likeness (QED) is 0.607. The zero-order valence-corrected chi connectivity index (χ0v) is 15.9. The second-order valence-corrected chi connectivity index (χ2v) is 8.55. The Morgan fingerprint density at radius 3 is 2.75 bits per heavy atom. The minimum Gasteiger partial charge on any atom is -0.493 e. The van der Waals surface area contributed by atoms with Crippen LogP contribution in [-0.2, 0) is 22.0 Å². The largest absolute Gasteiger partial charge is 0.493 e. The highest BCUT2D eigenvalue weighted by molar-refractivity contribution is 7.89. The van der Waals surface area contributed by atoms with Crippen molar-refractivity contribution >= 4 is 32.7 Å². The fourth-order valence-electron chi connectivity index (χ4n) is 2.99. The van der Waals surface area contributed by atoms with Gasteiger partial charge in [-0.25, -0.2) is 9.52 Å². The average molecular weight is 406 g/mol. The highest BCUT2D eigenvalue weighted by Crippen LogP contribution is 2.39. The van der Waals surface area contributed by atoms with Crippen molar-refractivity contribution in [3.8, 4) is 5.75 Å². The third kappa shape index (κ3) is 3.20. The van der Waals surface area contributed by atoms with Crippen molar-refractivity contribution in [3.63, 3.8) is 0 Å². The maximum atomic E-state index is 12.4. The molecule has 0 aliphatic carbocycles. The molecule has 3 N–H and O–H groups in total. The van der Waals surface area contributed by atoms with E-state index in [1.54, 1.807) is 6.07 Å². The highest BCUT2D eigenvalue weighted by Gasteiger charge is 2.28. The molecule has 3 heterocycles. The lowest BCUT2D eigenvalue weighted by atomic mass is 10.0. The molecule has 0 atom stereocenters. The molecule has 0 saturated heterocycles. The zero-order chi connectivity index (χ0) is 20.1. The molecule has 9 nitrogen and oxygen atoms in total. The van der Waals surface area contributed by atoms with Gasteiger partial charge in [-0.05, 0) is 26.0 Å². The van der Waals surface area contributed by atoms with Crippen molar-refractivity contribution in [1.29, 1.82) is 0 Å². The molecular formula is C18H18N2O7S. The summed E-state index contributed by atoms with van der Waals surface area (Å²) in [5.74, 6) is 0.618. The number of urea groups is 1. The Bertz CT molecular complexity index is 1170. The fourth-order valence-corrected chi connectivity index (χ4v) is 3.84. The molecule has 1 aliphatic rings. The maximum Gasteiger partial charge on any atom is 0.333 e. The van der Waals surface area contributed by atoms with Gasteiger partial charge < -0.3 is 24.0 Å². The molecule has 2 aromatic heterocycles. The van der Waals surface area contributed by atoms with Crippen molar-refractivity contribution in [2.75, 3.05) is 11.9 Å². The number of ether oxygens (including phenoxy) is 1. The Morgan fingerprint density at radius 2 is 2.04 bits per heavy atom. The minimum absolute atomic E-state index is 0.267. The second-order valence-electron chi connectivity index (χ2n) is 6.94. The summed E-state index contributed by atoms with van der Waals surface area (Å²) in [6, 6.07) is 3.72. The molecule has 0 spiro atoms. The van der Waals surface area contributed by atoms with Crippen LogP contribution in [0.2, 0.25) is 0 Å². The Balaban J connectivity index is 1.59. The van der Waals surface area contributed by atoms with Crippen LogP contribution >= 0.6 is 0 Å². The van der Waals surface area contributed by atoms with Crippen molar-refractivity contribution in [3.05, 3.63) is 41.9 Å². The van der Waals surface area contributed by atoms with Gasteiger partial charge in [0.1, 0.15) is 5.75 Å². The molecule has 1 aromatic carbocycles. The number of amides is 2. The number of fused-ring (bicyclic) bond motifs is 2. The zero-order valence-electron chi connectivity index (χ0n) is 15.1. The fraction of sp³-hybridized carbons (Fsp3) is 0.278. The summed E-state index contributed by atoms with van der Waals surface area (Å²) in [5.41, 5.74) is 0.508. The molecule has 0 unspecified atom stereocenters. The molecule has 0 saturated carbocycles. The molecule has 10 heteroatoms. The summed E-state index contributed by atoms with van der Waals surface area (Å²) in [4.78, 5) is 12.4. The maximum absolute atomic E-state index is 12.4. The van der Waals surface area contributed by atoms with Gasteiger partial charge in [0.2, 0.25) is 5.09 Å². The van der Waals surface area contributed by atoms with Gasteiger partial charge in [0.25, 0.3) is 10.0 Å². The van der Waals surface area contributed by atoms with Crippen LogP contribution in [0.3, 0.4) is 0 Å². The van der Waals surface area contributed by atoms with Crippen molar-refractivity contribution in [1.82, 2.24) is 4.72 Å². The second kappa shape index (κ2) is 6.28. The van der Waals surface area contributed by atoms with Crippen LogP contribution in [0.1, 0.15) is 25.0 Å². The highest BCUT2D eigenvalue weighted by atomic mass is 32.2. The molecule has 0 radical (unpaired) electrons. The summed E-state index contributed by atoms with van der Waals surface area (Å²) in [7, 11) is -4.27. The standard InChI is InChI=1S/C18H18N2O7S/c1-18(2,22)11-8-14(27-9-11)28(23,24)20-17(21)19-15-12-4-6-25-13(12)7-10-3-5-26-16(10)15/h3,5,7-9,22H,4,6H2,1-2H3,(H2,19,20,21). The van der Waals surface area contributed by atoms with E-state index in [-0.39, 0.29) is 5.56 Å². The monoisotopic (exact) mass is 406 g/mol. The molecule has 3 aromatic rings. The first-order valence-corrected chi connectivity index (χ1v) is 9.94. The smallest absolute Gasteiger partial charge is 0.333 e. The molecule has 0 bridgehead atoms. The number of nitrogens with one attached hydrogen (secondary N) is 2. The predicted molar refractivity (Wildman–Crippen MR) is 98.7 cm³/mol. The van der Waals surface area contributed by atoms with Gasteiger partial charge in [-0.1, -0.05) is 0 Å². The van der Waals surface area contributed by atoms with E-state index < -0.39 is 26.7 Å². The van der Waals surface area contributed by atoms with Crippen LogP contribution in [0.25, 0.3) is 11.0 Å².